The van der Waals surface area contributed by atoms with Gasteiger partial charge in [0, 0.05) is 0 Å². The minimum absolute atomic E-state index is 0.152. The molecule has 32 heavy (non-hydrogen) atoms. The van der Waals surface area contributed by atoms with Crippen LogP contribution >= 0.6 is 11.8 Å². The summed E-state index contributed by atoms with van der Waals surface area (Å²) in [6.07, 6.45) is 1.57. The third kappa shape index (κ3) is 3.67. The number of aromatic nitrogens is 4. The first-order valence-corrected chi connectivity index (χ1v) is 11.0. The SMILES string of the molecule is Cc1ccc(-n2c(=O)c3ccccc3n3c(SCC(=O)NCc4ccco4)nnc23)cc1. The van der Waals surface area contributed by atoms with Crippen molar-refractivity contribution in [3.05, 3.63) is 88.6 Å². The quantitative estimate of drug-likeness (QED) is 0.403. The maximum atomic E-state index is 13.3. The Hall–Kier alpha value is -3.85. The average molecular weight is 446 g/mol. The van der Waals surface area contributed by atoms with Gasteiger partial charge < -0.3 is 9.73 Å². The van der Waals surface area contributed by atoms with E-state index in [1.54, 1.807) is 29.0 Å². The first-order valence-electron chi connectivity index (χ1n) is 9.99. The van der Waals surface area contributed by atoms with E-state index in [-0.39, 0.29) is 17.2 Å². The molecule has 0 saturated heterocycles. The number of amides is 1. The number of nitrogens with zero attached hydrogens (tertiary/aromatic N) is 4. The first-order chi connectivity index (χ1) is 15.6. The van der Waals surface area contributed by atoms with Gasteiger partial charge in [0.05, 0.1) is 35.2 Å². The number of para-hydroxylation sites is 1. The molecule has 0 unspecified atom stereocenters. The summed E-state index contributed by atoms with van der Waals surface area (Å²) >= 11 is 1.26. The van der Waals surface area contributed by atoms with E-state index in [4.69, 9.17) is 4.42 Å². The molecule has 0 aliphatic carbocycles. The molecule has 160 valence electrons. The Morgan fingerprint density at radius 2 is 1.88 bits per heavy atom. The van der Waals surface area contributed by atoms with Gasteiger partial charge in [-0.2, -0.15) is 0 Å². The fraction of sp³-hybridized carbons (Fsp3) is 0.130. The van der Waals surface area contributed by atoms with E-state index >= 15 is 0 Å². The number of carbonyl (C=O) groups excluding carboxylic acids is 1. The second kappa shape index (κ2) is 8.35. The molecule has 8 nitrogen and oxygen atoms in total. The maximum absolute atomic E-state index is 13.3. The number of benzene rings is 2. The third-order valence-corrected chi connectivity index (χ3v) is 5.99. The van der Waals surface area contributed by atoms with Crippen molar-refractivity contribution in [3.63, 3.8) is 0 Å². The summed E-state index contributed by atoms with van der Waals surface area (Å²) in [6.45, 7) is 2.31. The summed E-state index contributed by atoms with van der Waals surface area (Å²) in [5, 5.41) is 12.5. The number of aryl methyl sites for hydroxylation is 1. The van der Waals surface area contributed by atoms with Crippen molar-refractivity contribution in [3.8, 4) is 5.69 Å². The molecule has 5 aromatic rings. The molecule has 2 aromatic carbocycles. The number of nitrogens with one attached hydrogen (secondary N) is 1. The highest BCUT2D eigenvalue weighted by atomic mass is 32.2. The van der Waals surface area contributed by atoms with Gasteiger partial charge in [-0.1, -0.05) is 41.6 Å². The van der Waals surface area contributed by atoms with Gasteiger partial charge in [-0.25, -0.2) is 4.57 Å². The van der Waals surface area contributed by atoms with E-state index in [0.717, 1.165) is 5.56 Å². The van der Waals surface area contributed by atoms with Crippen molar-refractivity contribution < 1.29 is 9.21 Å². The smallest absolute Gasteiger partial charge is 0.267 e. The van der Waals surface area contributed by atoms with Crippen molar-refractivity contribution in [1.29, 1.82) is 0 Å². The van der Waals surface area contributed by atoms with Crippen LogP contribution in [0.2, 0.25) is 0 Å². The zero-order valence-electron chi connectivity index (χ0n) is 17.2. The van der Waals surface area contributed by atoms with E-state index in [0.29, 0.717) is 39.8 Å². The van der Waals surface area contributed by atoms with Crippen LogP contribution in [0, 0.1) is 6.92 Å². The van der Waals surface area contributed by atoms with Crippen molar-refractivity contribution in [2.45, 2.75) is 18.6 Å². The molecular formula is C23H19N5O3S. The summed E-state index contributed by atoms with van der Waals surface area (Å²) in [6, 6.07) is 18.6. The van der Waals surface area contributed by atoms with Gasteiger partial charge in [-0.15, -0.1) is 10.2 Å². The van der Waals surface area contributed by atoms with E-state index in [1.807, 2.05) is 53.8 Å². The topological polar surface area (TPSA) is 94.4 Å². The van der Waals surface area contributed by atoms with Crippen LogP contribution in [0.4, 0.5) is 0 Å². The molecule has 0 fully saturated rings. The van der Waals surface area contributed by atoms with Crippen LogP contribution in [0.5, 0.6) is 0 Å². The first kappa shape index (κ1) is 20.1. The minimum Gasteiger partial charge on any atom is -0.467 e. The molecule has 1 amide bonds. The minimum atomic E-state index is -0.169. The summed E-state index contributed by atoms with van der Waals surface area (Å²) < 4.78 is 8.61. The molecule has 9 heteroatoms. The highest BCUT2D eigenvalue weighted by molar-refractivity contribution is 7.99. The number of carbonyl (C=O) groups is 1. The fourth-order valence-electron chi connectivity index (χ4n) is 3.48. The summed E-state index contributed by atoms with van der Waals surface area (Å²) in [7, 11) is 0. The number of hydrogen-bond acceptors (Lipinski definition) is 6. The third-order valence-electron chi connectivity index (χ3n) is 5.06. The Kier molecular flexibility index (Phi) is 5.24. The van der Waals surface area contributed by atoms with E-state index in [9.17, 15) is 9.59 Å². The summed E-state index contributed by atoms with van der Waals surface area (Å²) in [5.74, 6) is 1.08. The molecule has 0 bridgehead atoms. The lowest BCUT2D eigenvalue weighted by Gasteiger charge is -2.11. The lowest BCUT2D eigenvalue weighted by Crippen LogP contribution is -2.24. The van der Waals surface area contributed by atoms with Crippen LogP contribution in [-0.2, 0) is 11.3 Å². The number of thioether (sulfide) groups is 1. The van der Waals surface area contributed by atoms with Crippen LogP contribution in [0.1, 0.15) is 11.3 Å². The van der Waals surface area contributed by atoms with E-state index in [2.05, 4.69) is 15.5 Å². The molecule has 0 saturated carbocycles. The molecule has 5 rings (SSSR count). The lowest BCUT2D eigenvalue weighted by molar-refractivity contribution is -0.118. The fourth-order valence-corrected chi connectivity index (χ4v) is 4.25. The van der Waals surface area contributed by atoms with Crippen molar-refractivity contribution in [2.75, 3.05) is 5.75 Å². The van der Waals surface area contributed by atoms with Crippen LogP contribution in [0.3, 0.4) is 0 Å². The van der Waals surface area contributed by atoms with Crippen LogP contribution in [0.25, 0.3) is 22.4 Å². The van der Waals surface area contributed by atoms with Gasteiger partial charge >= 0.3 is 0 Å². The Labute approximate surface area is 186 Å². The monoisotopic (exact) mass is 445 g/mol. The van der Waals surface area contributed by atoms with Gasteiger partial charge in [-0.05, 0) is 43.3 Å². The van der Waals surface area contributed by atoms with Gasteiger partial charge in [0.1, 0.15) is 5.76 Å². The van der Waals surface area contributed by atoms with E-state index < -0.39 is 0 Å². The van der Waals surface area contributed by atoms with Crippen LogP contribution in [0.15, 0.2) is 81.3 Å². The Balaban J connectivity index is 1.53. The highest BCUT2D eigenvalue weighted by Crippen LogP contribution is 2.23. The zero-order chi connectivity index (χ0) is 22.1. The largest absolute Gasteiger partial charge is 0.467 e. The van der Waals surface area contributed by atoms with Crippen LogP contribution < -0.4 is 10.9 Å². The predicted octanol–water partition coefficient (Wildman–Crippen LogP) is 3.34. The van der Waals surface area contributed by atoms with Gasteiger partial charge in [0.15, 0.2) is 5.16 Å². The van der Waals surface area contributed by atoms with Crippen LogP contribution in [-0.4, -0.2) is 30.8 Å². The van der Waals surface area contributed by atoms with Gasteiger partial charge in [0.25, 0.3) is 5.56 Å². The van der Waals surface area contributed by atoms with Crippen molar-refractivity contribution >= 4 is 34.3 Å². The Morgan fingerprint density at radius 1 is 1.06 bits per heavy atom. The highest BCUT2D eigenvalue weighted by Gasteiger charge is 2.18. The molecule has 0 spiro atoms. The second-order valence-electron chi connectivity index (χ2n) is 7.26. The number of furan rings is 1. The Morgan fingerprint density at radius 3 is 2.66 bits per heavy atom. The van der Waals surface area contributed by atoms with Crippen molar-refractivity contribution in [1.82, 2.24) is 24.5 Å². The van der Waals surface area contributed by atoms with Gasteiger partial charge in [-0.3, -0.25) is 14.0 Å². The Bertz CT molecular complexity index is 1470. The molecule has 0 aliphatic rings. The molecule has 3 heterocycles. The number of rotatable bonds is 6. The molecule has 1 N–H and O–H groups in total. The average Bonchev–Trinajstić information content (AvgIpc) is 3.48. The molecule has 0 aliphatic heterocycles. The zero-order valence-corrected chi connectivity index (χ0v) is 18.0. The van der Waals surface area contributed by atoms with E-state index in [1.165, 1.54) is 11.8 Å². The van der Waals surface area contributed by atoms with Crippen molar-refractivity contribution in [2.24, 2.45) is 0 Å². The molecule has 3 aromatic heterocycles. The second-order valence-corrected chi connectivity index (χ2v) is 8.20. The van der Waals surface area contributed by atoms with Gasteiger partial charge in [0.2, 0.25) is 11.7 Å². The molecule has 0 atom stereocenters. The number of hydrogen-bond donors (Lipinski definition) is 1. The normalized spacial score (nSPS) is 11.3. The lowest BCUT2D eigenvalue weighted by atomic mass is 10.2. The number of fused-ring (bicyclic) bond motifs is 3. The summed E-state index contributed by atoms with van der Waals surface area (Å²) in [4.78, 5) is 25.6. The predicted molar refractivity (Wildman–Crippen MR) is 122 cm³/mol. The standard InChI is InChI=1S/C23H19N5O3S/c1-15-8-10-16(11-9-15)27-21(30)18-6-2-3-7-19(18)28-22(27)25-26-23(28)32-14-20(29)24-13-17-5-4-12-31-17/h2-12H,13-14H2,1H3,(H,24,29). The molecular weight excluding hydrogens is 426 g/mol. The maximum Gasteiger partial charge on any atom is 0.267 e. The molecule has 0 radical (unpaired) electrons. The summed E-state index contributed by atoms with van der Waals surface area (Å²) in [5.41, 5.74) is 2.32.